The molecule has 0 aromatic heterocycles. The van der Waals surface area contributed by atoms with Gasteiger partial charge in [0, 0.05) is 11.3 Å². The van der Waals surface area contributed by atoms with Crippen molar-refractivity contribution >= 4 is 5.78 Å². The summed E-state index contributed by atoms with van der Waals surface area (Å²) in [6.45, 7) is 4.60. The largest absolute Gasteiger partial charge is 0.295 e. The van der Waals surface area contributed by atoms with Crippen LogP contribution in [0.5, 0.6) is 0 Å². The standard InChI is InChI=1S/C14H20O/c1-10-12(15)9-11-5-8-13(2)6-3-4-7-14(10,11)13/h9-10H,3-8H2,1-2H3/t10-,13-,14?/m1/s1. The van der Waals surface area contributed by atoms with Gasteiger partial charge in [-0.2, -0.15) is 0 Å². The van der Waals surface area contributed by atoms with Gasteiger partial charge in [-0.05, 0) is 37.2 Å². The first-order valence-corrected chi connectivity index (χ1v) is 6.35. The van der Waals surface area contributed by atoms with Crippen molar-refractivity contribution in [2.24, 2.45) is 16.7 Å². The van der Waals surface area contributed by atoms with E-state index in [4.69, 9.17) is 0 Å². The molecule has 3 atom stereocenters. The quantitative estimate of drug-likeness (QED) is 0.590. The minimum Gasteiger partial charge on any atom is -0.295 e. The van der Waals surface area contributed by atoms with Gasteiger partial charge < -0.3 is 0 Å². The van der Waals surface area contributed by atoms with E-state index in [0.717, 1.165) is 0 Å². The van der Waals surface area contributed by atoms with E-state index in [2.05, 4.69) is 13.8 Å². The lowest BCUT2D eigenvalue weighted by Gasteiger charge is -2.49. The first-order valence-electron chi connectivity index (χ1n) is 6.35. The van der Waals surface area contributed by atoms with Gasteiger partial charge in [-0.25, -0.2) is 0 Å². The average molecular weight is 204 g/mol. The summed E-state index contributed by atoms with van der Waals surface area (Å²) in [5.41, 5.74) is 2.22. The summed E-state index contributed by atoms with van der Waals surface area (Å²) in [5.74, 6) is 0.665. The second-order valence-corrected chi connectivity index (χ2v) is 6.03. The maximum atomic E-state index is 11.9. The predicted octanol–water partition coefficient (Wildman–Crippen LogP) is 3.49. The summed E-state index contributed by atoms with van der Waals surface area (Å²) in [7, 11) is 0. The molecule has 15 heavy (non-hydrogen) atoms. The second-order valence-electron chi connectivity index (χ2n) is 6.03. The number of allylic oxidation sites excluding steroid dienone is 2. The van der Waals surface area contributed by atoms with Crippen LogP contribution in [-0.4, -0.2) is 5.78 Å². The van der Waals surface area contributed by atoms with E-state index < -0.39 is 0 Å². The van der Waals surface area contributed by atoms with Crippen LogP contribution in [0.15, 0.2) is 11.6 Å². The molecule has 0 N–H and O–H groups in total. The topological polar surface area (TPSA) is 17.1 Å². The van der Waals surface area contributed by atoms with Gasteiger partial charge >= 0.3 is 0 Å². The Hall–Kier alpha value is -0.590. The third-order valence-corrected chi connectivity index (χ3v) is 5.63. The maximum absolute atomic E-state index is 11.9. The van der Waals surface area contributed by atoms with Crippen molar-refractivity contribution in [2.75, 3.05) is 0 Å². The van der Waals surface area contributed by atoms with Crippen molar-refractivity contribution < 1.29 is 4.79 Å². The minimum atomic E-state index is 0.264. The van der Waals surface area contributed by atoms with E-state index in [1.807, 2.05) is 6.08 Å². The van der Waals surface area contributed by atoms with Gasteiger partial charge in [-0.15, -0.1) is 0 Å². The number of carbonyl (C=O) groups excluding carboxylic acids is 1. The van der Waals surface area contributed by atoms with E-state index in [0.29, 0.717) is 11.2 Å². The van der Waals surface area contributed by atoms with Crippen molar-refractivity contribution in [1.29, 1.82) is 0 Å². The molecule has 0 aliphatic heterocycles. The van der Waals surface area contributed by atoms with E-state index >= 15 is 0 Å². The Labute approximate surface area is 91.9 Å². The monoisotopic (exact) mass is 204 g/mol. The van der Waals surface area contributed by atoms with Crippen LogP contribution in [0.1, 0.15) is 52.4 Å². The van der Waals surface area contributed by atoms with Gasteiger partial charge in [0.1, 0.15) is 0 Å². The van der Waals surface area contributed by atoms with Crippen molar-refractivity contribution in [3.63, 3.8) is 0 Å². The predicted molar refractivity (Wildman–Crippen MR) is 60.5 cm³/mol. The minimum absolute atomic E-state index is 0.264. The molecule has 0 aromatic rings. The van der Waals surface area contributed by atoms with Crippen LogP contribution in [0, 0.1) is 16.7 Å². The molecule has 0 aromatic carbocycles. The molecule has 3 rings (SSSR count). The molecule has 2 saturated carbocycles. The van der Waals surface area contributed by atoms with E-state index in [9.17, 15) is 4.79 Å². The molecule has 0 amide bonds. The summed E-state index contributed by atoms with van der Waals surface area (Å²) in [4.78, 5) is 11.9. The third kappa shape index (κ3) is 0.926. The lowest BCUT2D eigenvalue weighted by atomic mass is 9.54. The normalized spacial score (nSPS) is 48.8. The zero-order valence-corrected chi connectivity index (χ0v) is 9.81. The van der Waals surface area contributed by atoms with Gasteiger partial charge in [0.15, 0.2) is 5.78 Å². The van der Waals surface area contributed by atoms with Crippen LogP contribution in [0.3, 0.4) is 0 Å². The number of hydrogen-bond acceptors (Lipinski definition) is 1. The first-order chi connectivity index (χ1) is 7.10. The molecule has 1 nitrogen and oxygen atoms in total. The number of carbonyl (C=O) groups is 1. The zero-order valence-electron chi connectivity index (χ0n) is 9.81. The highest BCUT2D eigenvalue weighted by Gasteiger charge is 2.61. The smallest absolute Gasteiger partial charge is 0.159 e. The highest BCUT2D eigenvalue weighted by molar-refractivity contribution is 5.96. The molecule has 1 spiro atoms. The molecule has 2 fully saturated rings. The molecule has 0 bridgehead atoms. The highest BCUT2D eigenvalue weighted by atomic mass is 16.1. The summed E-state index contributed by atoms with van der Waals surface area (Å²) < 4.78 is 0. The van der Waals surface area contributed by atoms with Crippen LogP contribution < -0.4 is 0 Å². The van der Waals surface area contributed by atoms with Gasteiger partial charge in [0.25, 0.3) is 0 Å². The molecule has 1 unspecified atom stereocenters. The Morgan fingerprint density at radius 1 is 1.27 bits per heavy atom. The fourth-order valence-corrected chi connectivity index (χ4v) is 4.73. The molecule has 1 heteroatoms. The summed E-state index contributed by atoms with van der Waals surface area (Å²) >= 11 is 0. The summed E-state index contributed by atoms with van der Waals surface area (Å²) in [6.07, 6.45) is 9.78. The van der Waals surface area contributed by atoms with Gasteiger partial charge in [-0.1, -0.05) is 32.3 Å². The van der Waals surface area contributed by atoms with Crippen LogP contribution in [0.4, 0.5) is 0 Å². The van der Waals surface area contributed by atoms with Gasteiger partial charge in [0.2, 0.25) is 0 Å². The Morgan fingerprint density at radius 3 is 2.80 bits per heavy atom. The molecule has 3 aliphatic rings. The van der Waals surface area contributed by atoms with Crippen LogP contribution in [0.25, 0.3) is 0 Å². The van der Waals surface area contributed by atoms with Gasteiger partial charge in [0.05, 0.1) is 0 Å². The van der Waals surface area contributed by atoms with E-state index in [-0.39, 0.29) is 11.3 Å². The SMILES string of the molecule is C[C@@H]1C(=O)C=C2CC[C@@]3(C)CCCCC213. The maximum Gasteiger partial charge on any atom is 0.159 e. The Balaban J connectivity index is 2.14. The number of rotatable bonds is 0. The highest BCUT2D eigenvalue weighted by Crippen LogP contribution is 2.68. The number of hydrogen-bond donors (Lipinski definition) is 0. The fourth-order valence-electron chi connectivity index (χ4n) is 4.73. The Kier molecular flexibility index (Phi) is 1.76. The first kappa shape index (κ1) is 9.62. The van der Waals surface area contributed by atoms with Crippen molar-refractivity contribution in [3.05, 3.63) is 11.6 Å². The molecule has 3 aliphatic carbocycles. The molecular weight excluding hydrogens is 184 g/mol. The van der Waals surface area contributed by atoms with Crippen molar-refractivity contribution in [2.45, 2.75) is 52.4 Å². The number of ketones is 1. The molecular formula is C14H20O. The molecule has 82 valence electrons. The summed E-state index contributed by atoms with van der Waals surface area (Å²) in [5, 5.41) is 0. The molecule has 0 radical (unpaired) electrons. The van der Waals surface area contributed by atoms with Gasteiger partial charge in [-0.3, -0.25) is 4.79 Å². The van der Waals surface area contributed by atoms with Crippen molar-refractivity contribution in [3.8, 4) is 0 Å². The van der Waals surface area contributed by atoms with Crippen LogP contribution in [-0.2, 0) is 4.79 Å². The Bertz CT molecular complexity index is 354. The summed E-state index contributed by atoms with van der Waals surface area (Å²) in [6, 6.07) is 0. The van der Waals surface area contributed by atoms with E-state index in [1.165, 1.54) is 44.1 Å². The van der Waals surface area contributed by atoms with E-state index in [1.54, 1.807) is 0 Å². The lowest BCUT2D eigenvalue weighted by molar-refractivity contribution is -0.122. The molecule has 0 saturated heterocycles. The fraction of sp³-hybridized carbons (Fsp3) is 0.786. The van der Waals surface area contributed by atoms with Crippen molar-refractivity contribution in [1.82, 2.24) is 0 Å². The zero-order chi connectivity index (χ0) is 10.7. The Morgan fingerprint density at radius 2 is 2.00 bits per heavy atom. The lowest BCUT2D eigenvalue weighted by Crippen LogP contribution is -2.43. The second kappa shape index (κ2) is 2.75. The third-order valence-electron chi connectivity index (χ3n) is 5.63. The van der Waals surface area contributed by atoms with Crippen LogP contribution in [0.2, 0.25) is 0 Å². The molecule has 0 heterocycles. The van der Waals surface area contributed by atoms with Crippen LogP contribution >= 0.6 is 0 Å². The average Bonchev–Trinajstić information content (AvgIpc) is 2.63.